The predicted octanol–water partition coefficient (Wildman–Crippen LogP) is 3.92. The maximum atomic E-state index is 14.3. The number of nitrogens with zero attached hydrogens (tertiary/aromatic N) is 1. The summed E-state index contributed by atoms with van der Waals surface area (Å²) in [6.45, 7) is 4.24. The van der Waals surface area contributed by atoms with Crippen molar-refractivity contribution in [2.45, 2.75) is 77.0 Å². The molecule has 0 radical (unpaired) electrons. The Balaban J connectivity index is 1.30. The number of anilines is 1. The number of hydrogen-bond donors (Lipinski definition) is 7. The summed E-state index contributed by atoms with van der Waals surface area (Å²) < 4.78 is 10.7. The lowest BCUT2D eigenvalue weighted by molar-refractivity contribution is -0.130. The Hall–Kier alpha value is -6.16. The van der Waals surface area contributed by atoms with Crippen LogP contribution in [0, 0.1) is 5.92 Å². The topological polar surface area (TPSA) is 236 Å². The van der Waals surface area contributed by atoms with Crippen LogP contribution in [0.1, 0.15) is 75.0 Å². The van der Waals surface area contributed by atoms with Crippen LogP contribution in [0.15, 0.2) is 72.8 Å². The minimum Gasteiger partial charge on any atom is -0.449 e. The minimum atomic E-state index is -1.13. The first-order valence-electron chi connectivity index (χ1n) is 19.1. The number of ether oxygens (including phenoxy) is 2. The number of nitrogens with two attached hydrogens (primary N) is 2. The molecular weight excluding hydrogens is 732 g/mol. The number of amides is 7. The van der Waals surface area contributed by atoms with Crippen LogP contribution in [-0.2, 0) is 30.5 Å². The molecule has 0 bridgehead atoms. The molecule has 306 valence electrons. The molecule has 2 atom stereocenters. The zero-order chi connectivity index (χ0) is 41.3. The molecule has 3 aromatic carbocycles. The van der Waals surface area contributed by atoms with Crippen molar-refractivity contribution in [3.05, 3.63) is 89.5 Å². The van der Waals surface area contributed by atoms with E-state index in [0.717, 1.165) is 22.3 Å². The Morgan fingerprint density at radius 3 is 1.98 bits per heavy atom. The van der Waals surface area contributed by atoms with Gasteiger partial charge in [0, 0.05) is 38.2 Å². The third kappa shape index (κ3) is 12.7. The molecule has 16 nitrogen and oxygen atoms in total. The molecule has 1 aliphatic rings. The third-order valence-electron chi connectivity index (χ3n) is 9.59. The van der Waals surface area contributed by atoms with Crippen LogP contribution in [0.5, 0.6) is 0 Å². The second-order valence-corrected chi connectivity index (χ2v) is 14.0. The predicted molar refractivity (Wildman–Crippen MR) is 214 cm³/mol. The molecule has 0 heterocycles. The van der Waals surface area contributed by atoms with Crippen molar-refractivity contribution < 1.29 is 38.2 Å². The van der Waals surface area contributed by atoms with E-state index >= 15 is 0 Å². The lowest BCUT2D eigenvalue weighted by atomic mass is 9.98. The minimum absolute atomic E-state index is 0.0348. The van der Waals surface area contributed by atoms with Crippen LogP contribution in [-0.4, -0.2) is 74.8 Å². The van der Waals surface area contributed by atoms with E-state index in [0.29, 0.717) is 37.1 Å². The molecule has 3 aromatic rings. The highest BCUT2D eigenvalue weighted by atomic mass is 16.6. The average molecular weight is 787 g/mol. The van der Waals surface area contributed by atoms with Crippen molar-refractivity contribution in [2.75, 3.05) is 31.6 Å². The van der Waals surface area contributed by atoms with Crippen LogP contribution in [0.4, 0.5) is 20.1 Å². The fraction of sp³-hybridized carbons (Fsp3) is 0.415. The molecule has 7 amide bonds. The summed E-state index contributed by atoms with van der Waals surface area (Å²) in [6.07, 6.45) is 1.08. The van der Waals surface area contributed by atoms with Gasteiger partial charge < -0.3 is 36.9 Å². The van der Waals surface area contributed by atoms with E-state index in [1.807, 2.05) is 24.3 Å². The molecule has 9 N–H and O–H groups in total. The Bertz CT molecular complexity index is 1810. The van der Waals surface area contributed by atoms with Gasteiger partial charge in [-0.2, -0.15) is 0 Å². The van der Waals surface area contributed by atoms with Crippen molar-refractivity contribution in [2.24, 2.45) is 17.4 Å². The SMILES string of the molecule is CNNC(=O)OCc1ccc(N(C(=O)[C@@H](NC(=O)CCCCCNC(=O)OCC2c3ccccc3-c3ccccc32)C(C)C)[C@@H](CCCNC(N)=O)C(N)=O)cc1. The van der Waals surface area contributed by atoms with Gasteiger partial charge in [-0.1, -0.05) is 80.9 Å². The van der Waals surface area contributed by atoms with Crippen LogP contribution < -0.4 is 43.2 Å². The molecule has 16 heteroatoms. The van der Waals surface area contributed by atoms with Gasteiger partial charge in [-0.05, 0) is 71.6 Å². The van der Waals surface area contributed by atoms with Gasteiger partial charge >= 0.3 is 18.2 Å². The van der Waals surface area contributed by atoms with E-state index < -0.39 is 42.1 Å². The summed E-state index contributed by atoms with van der Waals surface area (Å²) in [6, 6.07) is 19.9. The van der Waals surface area contributed by atoms with Crippen molar-refractivity contribution >= 4 is 41.6 Å². The molecule has 0 saturated carbocycles. The number of hydrogen-bond acceptors (Lipinski definition) is 9. The summed E-state index contributed by atoms with van der Waals surface area (Å²) in [4.78, 5) is 77.1. The van der Waals surface area contributed by atoms with Gasteiger partial charge in [0.25, 0.3) is 5.91 Å². The molecule has 1 aliphatic carbocycles. The average Bonchev–Trinajstić information content (AvgIpc) is 3.51. The Morgan fingerprint density at radius 1 is 0.754 bits per heavy atom. The summed E-state index contributed by atoms with van der Waals surface area (Å²) in [7, 11) is 1.52. The number of carbonyl (C=O) groups is 6. The van der Waals surface area contributed by atoms with E-state index in [9.17, 15) is 28.8 Å². The Kier molecular flexibility index (Phi) is 16.7. The van der Waals surface area contributed by atoms with Gasteiger partial charge in [0.1, 0.15) is 25.3 Å². The van der Waals surface area contributed by atoms with Crippen LogP contribution >= 0.6 is 0 Å². The van der Waals surface area contributed by atoms with Crippen molar-refractivity contribution in [1.82, 2.24) is 26.8 Å². The molecule has 0 unspecified atom stereocenters. The Morgan fingerprint density at radius 2 is 1.39 bits per heavy atom. The highest BCUT2D eigenvalue weighted by molar-refractivity contribution is 6.04. The third-order valence-corrected chi connectivity index (χ3v) is 9.59. The molecule has 0 aromatic heterocycles. The lowest BCUT2D eigenvalue weighted by Gasteiger charge is -2.34. The number of rotatable bonds is 21. The highest BCUT2D eigenvalue weighted by Crippen LogP contribution is 2.44. The van der Waals surface area contributed by atoms with Gasteiger partial charge in [-0.15, -0.1) is 0 Å². The van der Waals surface area contributed by atoms with E-state index in [2.05, 4.69) is 51.1 Å². The number of fused-ring (bicyclic) bond motifs is 3. The van der Waals surface area contributed by atoms with E-state index in [4.69, 9.17) is 20.9 Å². The van der Waals surface area contributed by atoms with Gasteiger partial charge in [-0.25, -0.2) is 19.8 Å². The molecule has 0 saturated heterocycles. The van der Waals surface area contributed by atoms with Crippen molar-refractivity contribution in [1.29, 1.82) is 0 Å². The number of benzene rings is 3. The lowest BCUT2D eigenvalue weighted by Crippen LogP contribution is -2.57. The monoisotopic (exact) mass is 786 g/mol. The quantitative estimate of drug-likeness (QED) is 0.0611. The second kappa shape index (κ2) is 21.8. The summed E-state index contributed by atoms with van der Waals surface area (Å²) in [5, 5.41) is 8.10. The Labute approximate surface area is 332 Å². The van der Waals surface area contributed by atoms with Crippen LogP contribution in [0.2, 0.25) is 0 Å². The van der Waals surface area contributed by atoms with E-state index in [1.165, 1.54) is 11.9 Å². The van der Waals surface area contributed by atoms with Gasteiger partial charge in [0.15, 0.2) is 0 Å². The maximum Gasteiger partial charge on any atom is 0.421 e. The number of hydrazine groups is 1. The van der Waals surface area contributed by atoms with E-state index in [1.54, 1.807) is 38.1 Å². The second-order valence-electron chi connectivity index (χ2n) is 14.0. The maximum absolute atomic E-state index is 14.3. The molecular formula is C41H54N8O8. The zero-order valence-electron chi connectivity index (χ0n) is 32.7. The molecule has 4 rings (SSSR count). The van der Waals surface area contributed by atoms with E-state index in [-0.39, 0.29) is 56.8 Å². The summed E-state index contributed by atoms with van der Waals surface area (Å²) in [5.41, 5.74) is 21.3. The molecule has 57 heavy (non-hydrogen) atoms. The fourth-order valence-electron chi connectivity index (χ4n) is 6.74. The summed E-state index contributed by atoms with van der Waals surface area (Å²) >= 11 is 0. The molecule has 0 spiro atoms. The first kappa shape index (κ1) is 43.6. The highest BCUT2D eigenvalue weighted by Gasteiger charge is 2.36. The standard InChI is InChI=1S/C41H54N8O8/c1-26(2)36(38(52)49(34(37(42)51)16-11-23-45-39(43)53)28-20-18-27(19-21-28)24-56-41(55)48-44-3)47-35(50)17-5-4-10-22-46-40(54)57-25-33-31-14-8-6-12-29(31)30-13-7-9-15-32(30)33/h6-9,12-15,18-21,26,33-34,36,44H,4-5,10-11,16-17,22-25H2,1-3H3,(H2,42,51)(H,46,54)(H,47,50)(H,48,55)(H3,43,45,53)/t34-,36-/m0/s1. The van der Waals surface area contributed by atoms with Gasteiger partial charge in [0.05, 0.1) is 0 Å². The van der Waals surface area contributed by atoms with Gasteiger partial charge in [-0.3, -0.25) is 24.7 Å². The fourth-order valence-corrected chi connectivity index (χ4v) is 6.74. The number of urea groups is 1. The smallest absolute Gasteiger partial charge is 0.421 e. The van der Waals surface area contributed by atoms with Crippen LogP contribution in [0.3, 0.4) is 0 Å². The first-order chi connectivity index (χ1) is 27.4. The van der Waals surface area contributed by atoms with Crippen molar-refractivity contribution in [3.8, 4) is 11.1 Å². The first-order valence-corrected chi connectivity index (χ1v) is 19.1. The van der Waals surface area contributed by atoms with Crippen molar-refractivity contribution in [3.63, 3.8) is 0 Å². The number of nitrogens with one attached hydrogen (secondary N) is 5. The van der Waals surface area contributed by atoms with Gasteiger partial charge in [0.2, 0.25) is 11.8 Å². The molecule has 0 aliphatic heterocycles. The summed E-state index contributed by atoms with van der Waals surface area (Å²) in [5.74, 6) is -2.07. The van der Waals surface area contributed by atoms with Crippen LogP contribution in [0.25, 0.3) is 11.1 Å². The zero-order valence-corrected chi connectivity index (χ0v) is 32.7. The number of carbonyl (C=O) groups excluding carboxylic acids is 6. The number of unbranched alkanes of at least 4 members (excludes halogenated alkanes) is 2. The number of primary amides is 2. The number of alkyl carbamates (subject to hydrolysis) is 1. The molecule has 0 fully saturated rings. The normalized spacial score (nSPS) is 12.7. The largest absolute Gasteiger partial charge is 0.449 e.